The minimum atomic E-state index is 0.520. The maximum Gasteiger partial charge on any atom is 0.246 e. The summed E-state index contributed by atoms with van der Waals surface area (Å²) in [7, 11) is 0. The van der Waals surface area contributed by atoms with E-state index in [9.17, 15) is 0 Å². The molecule has 0 saturated heterocycles. The van der Waals surface area contributed by atoms with E-state index in [0.717, 1.165) is 17.8 Å². The van der Waals surface area contributed by atoms with E-state index in [-0.39, 0.29) is 0 Å². The van der Waals surface area contributed by atoms with Gasteiger partial charge in [-0.25, -0.2) is 0 Å². The number of rotatable bonds is 6. The van der Waals surface area contributed by atoms with Gasteiger partial charge in [-0.05, 0) is 29.8 Å². The van der Waals surface area contributed by atoms with E-state index in [2.05, 4.69) is 39.3 Å². The van der Waals surface area contributed by atoms with Crippen molar-refractivity contribution in [1.82, 2.24) is 10.1 Å². The van der Waals surface area contributed by atoms with Gasteiger partial charge in [0.15, 0.2) is 0 Å². The van der Waals surface area contributed by atoms with Crippen LogP contribution in [-0.2, 0) is 13.1 Å². The summed E-state index contributed by atoms with van der Waals surface area (Å²) in [6.45, 7) is 1.27. The fourth-order valence-corrected chi connectivity index (χ4v) is 3.10. The fraction of sp³-hybridized carbons (Fsp3) is 0.0909. The minimum Gasteiger partial charge on any atom is -0.358 e. The first-order chi connectivity index (χ1) is 13.3. The van der Waals surface area contributed by atoms with E-state index in [1.54, 1.807) is 0 Å². The lowest BCUT2D eigenvalue weighted by molar-refractivity contribution is 0.376. The molecule has 0 bridgehead atoms. The van der Waals surface area contributed by atoms with Crippen molar-refractivity contribution in [2.45, 2.75) is 13.1 Å². The van der Waals surface area contributed by atoms with Crippen molar-refractivity contribution in [2.24, 2.45) is 0 Å². The highest BCUT2D eigenvalue weighted by Crippen LogP contribution is 2.23. The van der Waals surface area contributed by atoms with Gasteiger partial charge in [-0.3, -0.25) is 0 Å². The number of hydrogen-bond acceptors (Lipinski definition) is 4. The molecule has 1 aromatic heterocycles. The second kappa shape index (κ2) is 8.06. The molecule has 0 radical (unpaired) electrons. The highest BCUT2D eigenvalue weighted by molar-refractivity contribution is 6.30. The van der Waals surface area contributed by atoms with Gasteiger partial charge in [-0.2, -0.15) is 4.98 Å². The zero-order chi connectivity index (χ0) is 18.5. The largest absolute Gasteiger partial charge is 0.358 e. The fourth-order valence-electron chi connectivity index (χ4n) is 2.91. The Bertz CT molecular complexity index is 1000. The molecule has 3 aromatic carbocycles. The van der Waals surface area contributed by atoms with Crippen LogP contribution in [0.3, 0.4) is 0 Å². The van der Waals surface area contributed by atoms with Gasteiger partial charge in [0.2, 0.25) is 11.7 Å². The lowest BCUT2D eigenvalue weighted by Crippen LogP contribution is -2.22. The Labute approximate surface area is 163 Å². The second-order valence-corrected chi connectivity index (χ2v) is 6.64. The second-order valence-electron chi connectivity index (χ2n) is 6.20. The zero-order valence-corrected chi connectivity index (χ0v) is 15.4. The average molecular weight is 376 g/mol. The molecule has 4 nitrogen and oxygen atoms in total. The van der Waals surface area contributed by atoms with Gasteiger partial charge < -0.3 is 9.42 Å². The molecule has 0 atom stereocenters. The third-order valence-corrected chi connectivity index (χ3v) is 4.45. The molecule has 0 aliphatic rings. The van der Waals surface area contributed by atoms with Crippen molar-refractivity contribution < 1.29 is 4.52 Å². The number of aromatic nitrogens is 2. The van der Waals surface area contributed by atoms with Crippen molar-refractivity contribution in [3.63, 3.8) is 0 Å². The molecule has 1 heterocycles. The molecule has 0 spiro atoms. The first kappa shape index (κ1) is 17.3. The van der Waals surface area contributed by atoms with Gasteiger partial charge >= 0.3 is 0 Å². The predicted molar refractivity (Wildman–Crippen MR) is 108 cm³/mol. The molecular formula is C22H18ClN3O. The van der Waals surface area contributed by atoms with E-state index >= 15 is 0 Å². The Kier molecular flexibility index (Phi) is 5.17. The molecule has 0 N–H and O–H groups in total. The van der Waals surface area contributed by atoms with Crippen molar-refractivity contribution in [3.8, 4) is 11.4 Å². The van der Waals surface area contributed by atoms with Crippen molar-refractivity contribution in [1.29, 1.82) is 0 Å². The molecule has 4 aromatic rings. The monoisotopic (exact) mass is 375 g/mol. The van der Waals surface area contributed by atoms with Gasteiger partial charge in [0.25, 0.3) is 0 Å². The molecule has 0 amide bonds. The molecule has 0 unspecified atom stereocenters. The first-order valence-electron chi connectivity index (χ1n) is 8.70. The first-order valence-corrected chi connectivity index (χ1v) is 9.08. The molecule has 4 rings (SSSR count). The number of halogens is 1. The van der Waals surface area contributed by atoms with Gasteiger partial charge in [0.05, 0.1) is 6.54 Å². The maximum atomic E-state index is 6.06. The Morgan fingerprint density at radius 2 is 1.56 bits per heavy atom. The summed E-state index contributed by atoms with van der Waals surface area (Å²) >= 11 is 6.06. The summed E-state index contributed by atoms with van der Waals surface area (Å²) in [6.07, 6.45) is 0. The molecule has 0 fully saturated rings. The molecular weight excluding hydrogens is 358 g/mol. The molecule has 134 valence electrons. The summed E-state index contributed by atoms with van der Waals surface area (Å²) in [5.41, 5.74) is 3.16. The van der Waals surface area contributed by atoms with Crippen molar-refractivity contribution in [2.75, 3.05) is 4.90 Å². The third kappa shape index (κ3) is 4.36. The van der Waals surface area contributed by atoms with Crippen LogP contribution in [0.25, 0.3) is 11.4 Å². The predicted octanol–water partition coefficient (Wildman–Crippen LogP) is 5.60. The molecule has 0 saturated carbocycles. The van der Waals surface area contributed by atoms with Crippen LogP contribution < -0.4 is 4.90 Å². The van der Waals surface area contributed by atoms with E-state index < -0.39 is 0 Å². The Balaban J connectivity index is 1.58. The van der Waals surface area contributed by atoms with Crippen LogP contribution in [0.5, 0.6) is 0 Å². The maximum absolute atomic E-state index is 6.06. The smallest absolute Gasteiger partial charge is 0.246 e. The normalized spacial score (nSPS) is 10.7. The number of hydrogen-bond donors (Lipinski definition) is 0. The average Bonchev–Trinajstić information content (AvgIpc) is 3.18. The summed E-state index contributed by atoms with van der Waals surface area (Å²) in [4.78, 5) is 6.76. The zero-order valence-electron chi connectivity index (χ0n) is 14.6. The van der Waals surface area contributed by atoms with E-state index in [1.165, 1.54) is 5.56 Å². The van der Waals surface area contributed by atoms with Crippen LogP contribution in [0, 0.1) is 0 Å². The van der Waals surface area contributed by atoms with Crippen LogP contribution in [-0.4, -0.2) is 10.1 Å². The summed E-state index contributed by atoms with van der Waals surface area (Å²) < 4.78 is 5.50. The van der Waals surface area contributed by atoms with Crippen LogP contribution in [0.4, 0.5) is 5.69 Å². The highest BCUT2D eigenvalue weighted by Gasteiger charge is 2.14. The Morgan fingerprint density at radius 3 is 2.30 bits per heavy atom. The van der Waals surface area contributed by atoms with Crippen LogP contribution in [0.2, 0.25) is 5.02 Å². The van der Waals surface area contributed by atoms with Gasteiger partial charge in [0.1, 0.15) is 0 Å². The van der Waals surface area contributed by atoms with E-state index in [0.29, 0.717) is 23.3 Å². The standard InChI is InChI=1S/C22H18ClN3O/c23-19-11-7-10-18(14-19)22-24-21(27-25-22)16-26(20-12-5-2-6-13-20)15-17-8-3-1-4-9-17/h1-14H,15-16H2. The number of benzene rings is 3. The SMILES string of the molecule is Clc1cccc(-c2noc(CN(Cc3ccccc3)c3ccccc3)n2)c1. The quantitative estimate of drug-likeness (QED) is 0.440. The Morgan fingerprint density at radius 1 is 0.815 bits per heavy atom. The van der Waals surface area contributed by atoms with Crippen LogP contribution in [0.15, 0.2) is 89.5 Å². The summed E-state index contributed by atoms with van der Waals surface area (Å²) in [5, 5.41) is 4.76. The third-order valence-electron chi connectivity index (χ3n) is 4.21. The number of nitrogens with zero attached hydrogens (tertiary/aromatic N) is 3. The van der Waals surface area contributed by atoms with Gasteiger partial charge in [-0.15, -0.1) is 0 Å². The van der Waals surface area contributed by atoms with E-state index in [1.807, 2.05) is 60.7 Å². The molecule has 0 aliphatic heterocycles. The molecule has 27 heavy (non-hydrogen) atoms. The number of anilines is 1. The van der Waals surface area contributed by atoms with Crippen LogP contribution in [0.1, 0.15) is 11.5 Å². The Hall–Kier alpha value is -3.11. The lowest BCUT2D eigenvalue weighted by atomic mass is 10.2. The highest BCUT2D eigenvalue weighted by atomic mass is 35.5. The number of para-hydroxylation sites is 1. The molecule has 5 heteroatoms. The van der Waals surface area contributed by atoms with Crippen molar-refractivity contribution in [3.05, 3.63) is 101 Å². The van der Waals surface area contributed by atoms with Gasteiger partial charge in [-0.1, -0.05) is 77.4 Å². The molecule has 0 aliphatic carbocycles. The minimum absolute atomic E-state index is 0.520. The van der Waals surface area contributed by atoms with E-state index in [4.69, 9.17) is 16.1 Å². The lowest BCUT2D eigenvalue weighted by Gasteiger charge is -2.23. The van der Waals surface area contributed by atoms with Gasteiger partial charge in [0, 0.05) is 22.8 Å². The summed E-state index contributed by atoms with van der Waals surface area (Å²) in [6, 6.07) is 28.0. The summed E-state index contributed by atoms with van der Waals surface area (Å²) in [5.74, 6) is 1.10. The topological polar surface area (TPSA) is 42.2 Å². The van der Waals surface area contributed by atoms with Crippen LogP contribution >= 0.6 is 11.6 Å². The van der Waals surface area contributed by atoms with Crippen molar-refractivity contribution >= 4 is 17.3 Å².